The summed E-state index contributed by atoms with van der Waals surface area (Å²) in [7, 11) is 0. The summed E-state index contributed by atoms with van der Waals surface area (Å²) in [6, 6.07) is 5.08. The molecule has 1 saturated heterocycles. The van der Waals surface area contributed by atoms with Crippen LogP contribution in [-0.2, 0) is 22.6 Å². The van der Waals surface area contributed by atoms with E-state index in [0.29, 0.717) is 29.1 Å². The zero-order valence-corrected chi connectivity index (χ0v) is 15.4. The van der Waals surface area contributed by atoms with E-state index in [-0.39, 0.29) is 30.7 Å². The number of rotatable bonds is 6. The number of nitrogens with one attached hydrogen (secondary N) is 1. The Kier molecular flexibility index (Phi) is 4.95. The third kappa shape index (κ3) is 3.60. The van der Waals surface area contributed by atoms with E-state index in [4.69, 9.17) is 9.15 Å². The first-order valence-corrected chi connectivity index (χ1v) is 9.63. The van der Waals surface area contributed by atoms with Gasteiger partial charge >= 0.3 is 5.69 Å². The number of hydrogen-bond acceptors (Lipinski definition) is 6. The summed E-state index contributed by atoms with van der Waals surface area (Å²) < 4.78 is 13.6. The molecule has 1 aliphatic heterocycles. The third-order valence-corrected chi connectivity index (χ3v) is 5.47. The summed E-state index contributed by atoms with van der Waals surface area (Å²) in [5, 5.41) is 4.55. The molecule has 27 heavy (non-hydrogen) atoms. The fraction of sp³-hybridized carbons (Fsp3) is 0.389. The van der Waals surface area contributed by atoms with Crippen molar-refractivity contribution >= 4 is 27.5 Å². The molecular weight excluding hydrogens is 370 g/mol. The van der Waals surface area contributed by atoms with Gasteiger partial charge in [0.2, 0.25) is 5.91 Å². The van der Waals surface area contributed by atoms with E-state index in [1.165, 1.54) is 22.2 Å². The molecule has 0 aromatic carbocycles. The van der Waals surface area contributed by atoms with Crippen LogP contribution in [0.15, 0.2) is 43.8 Å². The van der Waals surface area contributed by atoms with Gasteiger partial charge in [-0.1, -0.05) is 0 Å². The fourth-order valence-electron chi connectivity index (χ4n) is 3.22. The lowest BCUT2D eigenvalue weighted by atomic mass is 10.2. The van der Waals surface area contributed by atoms with Gasteiger partial charge in [-0.3, -0.25) is 18.7 Å². The van der Waals surface area contributed by atoms with Crippen molar-refractivity contribution in [2.24, 2.45) is 0 Å². The van der Waals surface area contributed by atoms with Gasteiger partial charge in [0, 0.05) is 13.2 Å². The Morgan fingerprint density at radius 1 is 1.30 bits per heavy atom. The van der Waals surface area contributed by atoms with Crippen molar-refractivity contribution in [2.45, 2.75) is 32.0 Å². The number of aromatic nitrogens is 2. The van der Waals surface area contributed by atoms with E-state index < -0.39 is 5.69 Å². The minimum absolute atomic E-state index is 0.0238. The maximum atomic E-state index is 12.9. The second kappa shape index (κ2) is 7.53. The van der Waals surface area contributed by atoms with Gasteiger partial charge in [0.25, 0.3) is 5.56 Å². The Balaban J connectivity index is 1.63. The molecule has 142 valence electrons. The van der Waals surface area contributed by atoms with E-state index in [9.17, 15) is 14.4 Å². The number of furan rings is 1. The van der Waals surface area contributed by atoms with E-state index in [1.54, 1.807) is 23.6 Å². The van der Waals surface area contributed by atoms with Crippen molar-refractivity contribution in [1.29, 1.82) is 0 Å². The van der Waals surface area contributed by atoms with Crippen molar-refractivity contribution in [2.75, 3.05) is 13.2 Å². The first-order valence-electron chi connectivity index (χ1n) is 8.75. The molecule has 0 bridgehead atoms. The first kappa shape index (κ1) is 17.7. The van der Waals surface area contributed by atoms with Crippen LogP contribution in [0.4, 0.5) is 0 Å². The van der Waals surface area contributed by atoms with E-state index in [1.807, 2.05) is 0 Å². The van der Waals surface area contributed by atoms with Crippen LogP contribution in [0, 0.1) is 0 Å². The topological polar surface area (TPSA) is 95.5 Å². The van der Waals surface area contributed by atoms with Crippen LogP contribution in [0.3, 0.4) is 0 Å². The highest BCUT2D eigenvalue weighted by Gasteiger charge is 2.19. The first-order chi connectivity index (χ1) is 13.1. The Bertz CT molecular complexity index is 1060. The molecule has 3 aromatic heterocycles. The lowest BCUT2D eigenvalue weighted by Crippen LogP contribution is -2.43. The Labute approximate surface area is 158 Å². The molecule has 0 saturated carbocycles. The Hall–Kier alpha value is -2.65. The van der Waals surface area contributed by atoms with E-state index >= 15 is 0 Å². The molecule has 8 nitrogen and oxygen atoms in total. The van der Waals surface area contributed by atoms with Crippen molar-refractivity contribution in [3.05, 3.63) is 56.4 Å². The smallest absolute Gasteiger partial charge is 0.332 e. The molecule has 0 radical (unpaired) electrons. The molecule has 3 aromatic rings. The van der Waals surface area contributed by atoms with Gasteiger partial charge in [-0.15, -0.1) is 11.3 Å². The van der Waals surface area contributed by atoms with Crippen LogP contribution >= 0.6 is 11.3 Å². The molecule has 1 fully saturated rings. The van der Waals surface area contributed by atoms with Gasteiger partial charge in [-0.05, 0) is 36.4 Å². The number of carbonyl (C=O) groups is 1. The summed E-state index contributed by atoms with van der Waals surface area (Å²) >= 11 is 1.25. The molecule has 1 amide bonds. The molecule has 0 unspecified atom stereocenters. The van der Waals surface area contributed by atoms with Crippen molar-refractivity contribution < 1.29 is 13.9 Å². The summed E-state index contributed by atoms with van der Waals surface area (Å²) in [4.78, 5) is 38.0. The third-order valence-electron chi connectivity index (χ3n) is 4.58. The molecule has 9 heteroatoms. The zero-order chi connectivity index (χ0) is 18.8. The van der Waals surface area contributed by atoms with Gasteiger partial charge in [0.05, 0.1) is 24.4 Å². The van der Waals surface area contributed by atoms with Crippen molar-refractivity contribution in [1.82, 2.24) is 14.5 Å². The van der Waals surface area contributed by atoms with Crippen LogP contribution in [0.1, 0.15) is 18.6 Å². The van der Waals surface area contributed by atoms with Crippen LogP contribution in [0.25, 0.3) is 10.2 Å². The summed E-state index contributed by atoms with van der Waals surface area (Å²) in [6.45, 7) is 1.01. The van der Waals surface area contributed by atoms with Crippen LogP contribution < -0.4 is 16.6 Å². The van der Waals surface area contributed by atoms with E-state index in [0.717, 1.165) is 17.4 Å². The fourth-order valence-corrected chi connectivity index (χ4v) is 4.06. The number of hydrogen-bond donors (Lipinski definition) is 1. The van der Waals surface area contributed by atoms with Gasteiger partial charge in [-0.2, -0.15) is 0 Å². The minimum atomic E-state index is -0.533. The summed E-state index contributed by atoms with van der Waals surface area (Å²) in [6.07, 6.45) is 3.43. The van der Waals surface area contributed by atoms with Crippen LogP contribution in [0.5, 0.6) is 0 Å². The SMILES string of the molecule is O=C(Cn1c(=O)n(Cc2ccco2)c(=O)c2sccc21)NC[C@@H]1CCCO1. The number of carbonyl (C=O) groups excluding carboxylic acids is 1. The second-order valence-electron chi connectivity index (χ2n) is 6.41. The monoisotopic (exact) mass is 389 g/mol. The zero-order valence-electron chi connectivity index (χ0n) is 14.6. The predicted octanol–water partition coefficient (Wildman–Crippen LogP) is 1.16. The van der Waals surface area contributed by atoms with Gasteiger partial charge < -0.3 is 14.5 Å². The molecule has 4 heterocycles. The maximum Gasteiger partial charge on any atom is 0.332 e. The molecule has 0 aliphatic carbocycles. The van der Waals surface area contributed by atoms with Gasteiger partial charge in [0.15, 0.2) is 0 Å². The molecule has 1 aliphatic rings. The number of amides is 1. The highest BCUT2D eigenvalue weighted by atomic mass is 32.1. The molecule has 1 atom stereocenters. The Morgan fingerprint density at radius 3 is 2.93 bits per heavy atom. The number of ether oxygens (including phenoxy) is 1. The standard InChI is InChI=1S/C18H19N3O5S/c22-15(19-9-12-3-1-6-25-12)11-20-14-5-8-27-16(14)17(23)21(18(20)24)10-13-4-2-7-26-13/h2,4-5,7-8,12H,1,3,6,9-11H2,(H,19,22)/t12-/m0/s1. The molecular formula is C18H19N3O5S. The van der Waals surface area contributed by atoms with Crippen LogP contribution in [0.2, 0.25) is 0 Å². The molecule has 4 rings (SSSR count). The number of fused-ring (bicyclic) bond motifs is 1. The predicted molar refractivity (Wildman–Crippen MR) is 100 cm³/mol. The van der Waals surface area contributed by atoms with E-state index in [2.05, 4.69) is 5.32 Å². The number of thiophene rings is 1. The normalized spacial score (nSPS) is 16.8. The average Bonchev–Trinajstić information content (AvgIpc) is 3.42. The summed E-state index contributed by atoms with van der Waals surface area (Å²) in [5.74, 6) is 0.211. The summed E-state index contributed by atoms with van der Waals surface area (Å²) in [5.41, 5.74) is -0.440. The highest BCUT2D eigenvalue weighted by molar-refractivity contribution is 7.17. The van der Waals surface area contributed by atoms with Crippen molar-refractivity contribution in [3.63, 3.8) is 0 Å². The maximum absolute atomic E-state index is 12.9. The average molecular weight is 389 g/mol. The van der Waals surface area contributed by atoms with Crippen LogP contribution in [-0.4, -0.2) is 34.3 Å². The quantitative estimate of drug-likeness (QED) is 0.683. The largest absolute Gasteiger partial charge is 0.467 e. The van der Waals surface area contributed by atoms with Gasteiger partial charge in [0.1, 0.15) is 17.0 Å². The molecule has 1 N–H and O–H groups in total. The highest BCUT2D eigenvalue weighted by Crippen LogP contribution is 2.16. The van der Waals surface area contributed by atoms with Gasteiger partial charge in [-0.25, -0.2) is 4.79 Å². The lowest BCUT2D eigenvalue weighted by molar-refractivity contribution is -0.122. The lowest BCUT2D eigenvalue weighted by Gasteiger charge is -2.13. The Morgan fingerprint density at radius 2 is 2.19 bits per heavy atom. The second-order valence-corrected chi connectivity index (χ2v) is 7.33. The van der Waals surface area contributed by atoms with Crippen molar-refractivity contribution in [3.8, 4) is 0 Å². The minimum Gasteiger partial charge on any atom is -0.467 e. The number of nitrogens with zero attached hydrogens (tertiary/aromatic N) is 2. The molecule has 0 spiro atoms.